The Kier molecular flexibility index (Phi) is 3.64. The second-order valence-electron chi connectivity index (χ2n) is 4.45. The quantitative estimate of drug-likeness (QED) is 0.659. The standard InChI is InChI=1S/C15H9BrN2O4/c16-9-3-1-4-10(7-9)18-14(20)12(13(19)17-15(18)21)8-11-5-2-6-22-11/h1-8H,(H,17,19,21). The van der Waals surface area contributed by atoms with Crippen LogP contribution in [0.5, 0.6) is 0 Å². The monoisotopic (exact) mass is 360 g/mol. The summed E-state index contributed by atoms with van der Waals surface area (Å²) in [5.41, 5.74) is 0.184. The molecule has 2 heterocycles. The van der Waals surface area contributed by atoms with E-state index in [0.717, 1.165) is 4.90 Å². The van der Waals surface area contributed by atoms with Crippen molar-refractivity contribution in [2.24, 2.45) is 0 Å². The zero-order valence-corrected chi connectivity index (χ0v) is 12.7. The third-order valence-electron chi connectivity index (χ3n) is 3.00. The van der Waals surface area contributed by atoms with Crippen molar-refractivity contribution in [1.29, 1.82) is 0 Å². The number of benzene rings is 1. The third-order valence-corrected chi connectivity index (χ3v) is 3.49. The minimum Gasteiger partial charge on any atom is -0.465 e. The van der Waals surface area contributed by atoms with Crippen molar-refractivity contribution in [2.45, 2.75) is 0 Å². The first kappa shape index (κ1) is 14.3. The molecular weight excluding hydrogens is 352 g/mol. The lowest BCUT2D eigenvalue weighted by Crippen LogP contribution is -2.54. The highest BCUT2D eigenvalue weighted by molar-refractivity contribution is 9.10. The molecule has 22 heavy (non-hydrogen) atoms. The van der Waals surface area contributed by atoms with Crippen molar-refractivity contribution >= 4 is 45.5 Å². The fraction of sp³-hybridized carbons (Fsp3) is 0. The number of halogens is 1. The molecule has 1 fully saturated rings. The van der Waals surface area contributed by atoms with Gasteiger partial charge in [0.25, 0.3) is 11.8 Å². The van der Waals surface area contributed by atoms with Crippen LogP contribution >= 0.6 is 15.9 Å². The van der Waals surface area contributed by atoms with Crippen molar-refractivity contribution < 1.29 is 18.8 Å². The van der Waals surface area contributed by atoms with Crippen molar-refractivity contribution in [1.82, 2.24) is 5.32 Å². The highest BCUT2D eigenvalue weighted by atomic mass is 79.9. The van der Waals surface area contributed by atoms with E-state index in [-0.39, 0.29) is 5.57 Å². The van der Waals surface area contributed by atoms with Gasteiger partial charge >= 0.3 is 6.03 Å². The Hall–Kier alpha value is -2.67. The average molecular weight is 361 g/mol. The maximum atomic E-state index is 12.5. The van der Waals surface area contributed by atoms with Crippen LogP contribution in [0.4, 0.5) is 10.5 Å². The summed E-state index contributed by atoms with van der Waals surface area (Å²) in [6.45, 7) is 0. The van der Waals surface area contributed by atoms with Gasteiger partial charge < -0.3 is 4.42 Å². The number of hydrogen-bond acceptors (Lipinski definition) is 4. The summed E-state index contributed by atoms with van der Waals surface area (Å²) in [6.07, 6.45) is 2.73. The van der Waals surface area contributed by atoms with Crippen LogP contribution in [0.25, 0.3) is 6.08 Å². The van der Waals surface area contributed by atoms with Gasteiger partial charge in [-0.05, 0) is 36.4 Å². The van der Waals surface area contributed by atoms with E-state index < -0.39 is 17.8 Å². The van der Waals surface area contributed by atoms with E-state index >= 15 is 0 Å². The molecule has 0 spiro atoms. The Morgan fingerprint density at radius 3 is 2.64 bits per heavy atom. The van der Waals surface area contributed by atoms with Crippen LogP contribution in [-0.4, -0.2) is 17.8 Å². The third kappa shape index (κ3) is 2.58. The van der Waals surface area contributed by atoms with Crippen molar-refractivity contribution in [2.75, 3.05) is 4.90 Å². The lowest BCUT2D eigenvalue weighted by molar-refractivity contribution is -0.122. The normalized spacial score (nSPS) is 17.0. The number of hydrogen-bond donors (Lipinski definition) is 1. The van der Waals surface area contributed by atoms with Gasteiger partial charge in [-0.3, -0.25) is 14.9 Å². The van der Waals surface area contributed by atoms with Crippen LogP contribution in [0.2, 0.25) is 0 Å². The van der Waals surface area contributed by atoms with Gasteiger partial charge in [-0.25, -0.2) is 9.69 Å². The van der Waals surface area contributed by atoms with Gasteiger partial charge in [0.05, 0.1) is 12.0 Å². The van der Waals surface area contributed by atoms with E-state index in [1.54, 1.807) is 36.4 Å². The Bertz CT molecular complexity index is 796. The van der Waals surface area contributed by atoms with Crippen molar-refractivity contribution in [3.63, 3.8) is 0 Å². The Labute approximate surface area is 133 Å². The Morgan fingerprint density at radius 1 is 1.14 bits per heavy atom. The van der Waals surface area contributed by atoms with Crippen LogP contribution in [0.1, 0.15) is 5.76 Å². The van der Waals surface area contributed by atoms with Crippen LogP contribution in [0, 0.1) is 0 Å². The molecule has 7 heteroatoms. The first-order valence-corrected chi connectivity index (χ1v) is 7.06. The minimum absolute atomic E-state index is 0.172. The number of amides is 4. The lowest BCUT2D eigenvalue weighted by atomic mass is 10.1. The molecule has 0 radical (unpaired) electrons. The first-order chi connectivity index (χ1) is 10.6. The average Bonchev–Trinajstić information content (AvgIpc) is 2.96. The molecule has 0 bridgehead atoms. The first-order valence-electron chi connectivity index (χ1n) is 6.27. The number of anilines is 1. The van der Waals surface area contributed by atoms with Crippen LogP contribution in [-0.2, 0) is 9.59 Å². The molecule has 1 aromatic carbocycles. The van der Waals surface area contributed by atoms with E-state index in [2.05, 4.69) is 21.2 Å². The van der Waals surface area contributed by atoms with Gasteiger partial charge in [0.1, 0.15) is 11.3 Å². The molecule has 110 valence electrons. The number of barbiturate groups is 1. The fourth-order valence-electron chi connectivity index (χ4n) is 2.02. The SMILES string of the molecule is O=C1NC(=O)N(c2cccc(Br)c2)C(=O)C1=Cc1ccco1. The zero-order valence-electron chi connectivity index (χ0n) is 11.1. The number of furan rings is 1. The van der Waals surface area contributed by atoms with Gasteiger partial charge in [0.2, 0.25) is 0 Å². The van der Waals surface area contributed by atoms with Gasteiger partial charge in [-0.2, -0.15) is 0 Å². The molecule has 4 amide bonds. The zero-order chi connectivity index (χ0) is 15.7. The highest BCUT2D eigenvalue weighted by Crippen LogP contribution is 2.24. The molecule has 3 rings (SSSR count). The lowest BCUT2D eigenvalue weighted by Gasteiger charge is -2.26. The van der Waals surface area contributed by atoms with Crippen LogP contribution in [0.15, 0.2) is 57.1 Å². The molecule has 0 unspecified atom stereocenters. The number of carbonyl (C=O) groups is 3. The second-order valence-corrected chi connectivity index (χ2v) is 5.37. The predicted octanol–water partition coefficient (Wildman–Crippen LogP) is 2.71. The number of urea groups is 1. The van der Waals surface area contributed by atoms with E-state index in [9.17, 15) is 14.4 Å². The van der Waals surface area contributed by atoms with Gasteiger partial charge in [0.15, 0.2) is 0 Å². The summed E-state index contributed by atoms with van der Waals surface area (Å²) in [7, 11) is 0. The molecule has 0 saturated carbocycles. The molecule has 0 atom stereocenters. The van der Waals surface area contributed by atoms with Gasteiger partial charge in [-0.15, -0.1) is 0 Å². The van der Waals surface area contributed by atoms with E-state index in [4.69, 9.17) is 4.42 Å². The summed E-state index contributed by atoms with van der Waals surface area (Å²) in [5, 5.41) is 2.14. The van der Waals surface area contributed by atoms with Crippen LogP contribution < -0.4 is 10.2 Å². The molecular formula is C15H9BrN2O4. The predicted molar refractivity (Wildman–Crippen MR) is 81.9 cm³/mol. The van der Waals surface area contributed by atoms with Gasteiger partial charge in [0, 0.05) is 4.47 Å². The molecule has 2 aromatic rings. The molecule has 1 aliphatic heterocycles. The maximum absolute atomic E-state index is 12.5. The summed E-state index contributed by atoms with van der Waals surface area (Å²) in [4.78, 5) is 37.3. The van der Waals surface area contributed by atoms with Gasteiger partial charge in [-0.1, -0.05) is 22.0 Å². The number of rotatable bonds is 2. The molecule has 1 N–H and O–H groups in total. The molecule has 0 aliphatic carbocycles. The van der Waals surface area contributed by atoms with Crippen molar-refractivity contribution in [3.05, 3.63) is 58.5 Å². The summed E-state index contributed by atoms with van der Waals surface area (Å²) in [6, 6.07) is 9.11. The molecule has 1 aliphatic rings. The molecule has 1 aromatic heterocycles. The number of carbonyl (C=O) groups excluding carboxylic acids is 3. The fourth-order valence-corrected chi connectivity index (χ4v) is 2.41. The Morgan fingerprint density at radius 2 is 1.95 bits per heavy atom. The maximum Gasteiger partial charge on any atom is 0.335 e. The van der Waals surface area contributed by atoms with Crippen molar-refractivity contribution in [3.8, 4) is 0 Å². The van der Waals surface area contributed by atoms with Crippen LogP contribution in [0.3, 0.4) is 0 Å². The van der Waals surface area contributed by atoms with E-state index in [1.807, 2.05) is 0 Å². The summed E-state index contributed by atoms with van der Waals surface area (Å²) < 4.78 is 5.81. The Balaban J connectivity index is 2.03. The second kappa shape index (κ2) is 5.61. The van der Waals surface area contributed by atoms with E-state index in [0.29, 0.717) is 15.9 Å². The number of nitrogens with one attached hydrogen (secondary N) is 1. The van der Waals surface area contributed by atoms with E-state index in [1.165, 1.54) is 12.3 Å². The summed E-state index contributed by atoms with van der Waals surface area (Å²) >= 11 is 3.28. The largest absolute Gasteiger partial charge is 0.465 e. The topological polar surface area (TPSA) is 79.6 Å². The number of imide groups is 2. The minimum atomic E-state index is -0.787. The smallest absolute Gasteiger partial charge is 0.335 e. The molecule has 6 nitrogen and oxygen atoms in total. The summed E-state index contributed by atoms with van der Waals surface area (Å²) in [5.74, 6) is -1.11. The molecule has 1 saturated heterocycles. The highest BCUT2D eigenvalue weighted by Gasteiger charge is 2.37. The number of nitrogens with zero attached hydrogens (tertiary/aromatic N) is 1.